The molecule has 2 N–H and O–H groups in total. The average molecular weight is 270 g/mol. The van der Waals surface area contributed by atoms with E-state index in [1.54, 1.807) is 0 Å². The quantitative estimate of drug-likeness (QED) is 0.833. The largest absolute Gasteiger partial charge is 0.391 e. The van der Waals surface area contributed by atoms with Crippen LogP contribution in [0.2, 0.25) is 5.02 Å². The number of nitrogens with one attached hydrogen (secondary N) is 1. The Bertz CT molecular complexity index is 376. The van der Waals surface area contributed by atoms with Crippen molar-refractivity contribution in [3.05, 3.63) is 34.9 Å². The summed E-state index contributed by atoms with van der Waals surface area (Å²) in [5.74, 6) is 0.117. The molecular weight excluding hydrogens is 250 g/mol. The third-order valence-corrected chi connectivity index (χ3v) is 3.08. The summed E-state index contributed by atoms with van der Waals surface area (Å²) in [4.78, 5) is 11.6. The molecule has 0 aliphatic rings. The number of carbonyl (C=O) groups is 1. The maximum absolute atomic E-state index is 11.6. The van der Waals surface area contributed by atoms with Crippen molar-refractivity contribution in [2.75, 3.05) is 6.54 Å². The molecule has 1 atom stereocenters. The fourth-order valence-corrected chi connectivity index (χ4v) is 1.58. The first-order valence-corrected chi connectivity index (χ1v) is 6.56. The molecule has 0 radical (unpaired) electrons. The lowest BCUT2D eigenvalue weighted by atomic mass is 10.1. The van der Waals surface area contributed by atoms with E-state index in [9.17, 15) is 9.90 Å². The highest BCUT2D eigenvalue weighted by molar-refractivity contribution is 6.30. The molecule has 100 valence electrons. The highest BCUT2D eigenvalue weighted by Crippen LogP contribution is 2.10. The Morgan fingerprint density at radius 3 is 2.50 bits per heavy atom. The minimum Gasteiger partial charge on any atom is -0.391 e. The molecule has 0 saturated carbocycles. The van der Waals surface area contributed by atoms with Crippen molar-refractivity contribution in [2.24, 2.45) is 5.92 Å². The molecule has 0 aromatic heterocycles. The van der Waals surface area contributed by atoms with Crippen LogP contribution in [0.3, 0.4) is 0 Å². The first-order valence-electron chi connectivity index (χ1n) is 6.18. The van der Waals surface area contributed by atoms with Gasteiger partial charge < -0.3 is 10.4 Å². The monoisotopic (exact) mass is 269 g/mol. The normalized spacial score (nSPS) is 12.5. The third-order valence-electron chi connectivity index (χ3n) is 2.83. The van der Waals surface area contributed by atoms with Gasteiger partial charge in [0.15, 0.2) is 0 Å². The van der Waals surface area contributed by atoms with Gasteiger partial charge in [0.05, 0.1) is 6.10 Å². The lowest BCUT2D eigenvalue weighted by Crippen LogP contribution is -2.34. The number of benzene rings is 1. The van der Waals surface area contributed by atoms with Gasteiger partial charge in [-0.15, -0.1) is 0 Å². The summed E-state index contributed by atoms with van der Waals surface area (Å²) in [6, 6.07) is 7.46. The first kappa shape index (κ1) is 15.0. The number of aliphatic hydroxyl groups is 1. The molecule has 1 rings (SSSR count). The van der Waals surface area contributed by atoms with Crippen LogP contribution in [-0.4, -0.2) is 23.7 Å². The molecular formula is C14H20ClNO2. The second kappa shape index (κ2) is 7.39. The molecule has 3 nitrogen and oxygen atoms in total. The Morgan fingerprint density at radius 2 is 1.94 bits per heavy atom. The van der Waals surface area contributed by atoms with Crippen LogP contribution in [0.4, 0.5) is 0 Å². The van der Waals surface area contributed by atoms with E-state index >= 15 is 0 Å². The van der Waals surface area contributed by atoms with E-state index in [-0.39, 0.29) is 11.8 Å². The van der Waals surface area contributed by atoms with Crippen LogP contribution in [0.25, 0.3) is 0 Å². The van der Waals surface area contributed by atoms with Crippen LogP contribution in [-0.2, 0) is 11.2 Å². The zero-order valence-corrected chi connectivity index (χ0v) is 11.6. The number of hydrogen-bond donors (Lipinski definition) is 2. The van der Waals surface area contributed by atoms with Gasteiger partial charge >= 0.3 is 0 Å². The predicted molar refractivity (Wildman–Crippen MR) is 73.6 cm³/mol. The molecule has 0 aliphatic carbocycles. The van der Waals surface area contributed by atoms with Crippen molar-refractivity contribution < 1.29 is 9.90 Å². The molecule has 4 heteroatoms. The Morgan fingerprint density at radius 1 is 1.33 bits per heavy atom. The molecule has 18 heavy (non-hydrogen) atoms. The summed E-state index contributed by atoms with van der Waals surface area (Å²) >= 11 is 5.78. The van der Waals surface area contributed by atoms with Crippen molar-refractivity contribution in [1.82, 2.24) is 5.32 Å². The second-order valence-electron chi connectivity index (χ2n) is 4.74. The van der Waals surface area contributed by atoms with Gasteiger partial charge in [-0.3, -0.25) is 4.79 Å². The van der Waals surface area contributed by atoms with E-state index in [0.717, 1.165) is 5.56 Å². The molecule has 0 bridgehead atoms. The number of amides is 1. The fraction of sp³-hybridized carbons (Fsp3) is 0.500. The summed E-state index contributed by atoms with van der Waals surface area (Å²) < 4.78 is 0. The van der Waals surface area contributed by atoms with Gasteiger partial charge in [0.25, 0.3) is 0 Å². The van der Waals surface area contributed by atoms with Crippen molar-refractivity contribution >= 4 is 17.5 Å². The van der Waals surface area contributed by atoms with Gasteiger partial charge in [-0.2, -0.15) is 0 Å². The van der Waals surface area contributed by atoms with E-state index in [1.165, 1.54) is 0 Å². The Kier molecular flexibility index (Phi) is 6.16. The topological polar surface area (TPSA) is 49.3 Å². The zero-order chi connectivity index (χ0) is 13.5. The van der Waals surface area contributed by atoms with Crippen LogP contribution in [0.15, 0.2) is 24.3 Å². The van der Waals surface area contributed by atoms with E-state index in [2.05, 4.69) is 5.32 Å². The maximum atomic E-state index is 11.6. The number of halogens is 1. The zero-order valence-electron chi connectivity index (χ0n) is 10.8. The average Bonchev–Trinajstić information content (AvgIpc) is 2.35. The van der Waals surface area contributed by atoms with Crippen LogP contribution < -0.4 is 5.32 Å². The number of rotatable bonds is 6. The molecule has 0 spiro atoms. The second-order valence-corrected chi connectivity index (χ2v) is 5.18. The summed E-state index contributed by atoms with van der Waals surface area (Å²) in [5.41, 5.74) is 1.08. The number of aryl methyl sites for hydroxylation is 1. The summed E-state index contributed by atoms with van der Waals surface area (Å²) in [7, 11) is 0. The number of aliphatic hydroxyl groups excluding tert-OH is 1. The maximum Gasteiger partial charge on any atom is 0.220 e. The predicted octanol–water partition coefficient (Wildman–Crippen LogP) is 2.41. The molecule has 0 aliphatic heterocycles. The minimum absolute atomic E-state index is 0.0374. The molecule has 1 unspecified atom stereocenters. The van der Waals surface area contributed by atoms with Crippen molar-refractivity contribution in [2.45, 2.75) is 32.8 Å². The Hall–Kier alpha value is -1.06. The molecule has 0 fully saturated rings. The lowest BCUT2D eigenvalue weighted by Gasteiger charge is -2.14. The molecule has 0 heterocycles. The highest BCUT2D eigenvalue weighted by atomic mass is 35.5. The summed E-state index contributed by atoms with van der Waals surface area (Å²) in [5, 5.41) is 13.0. The third kappa shape index (κ3) is 5.52. The SMILES string of the molecule is CC(C)C(O)CNC(=O)CCc1ccc(Cl)cc1. The standard InChI is InChI=1S/C14H20ClNO2/c1-10(2)13(17)9-16-14(18)8-5-11-3-6-12(15)7-4-11/h3-4,6-7,10,13,17H,5,8-9H2,1-2H3,(H,16,18). The first-order chi connectivity index (χ1) is 8.49. The van der Waals surface area contributed by atoms with Crippen LogP contribution in [0.5, 0.6) is 0 Å². The Labute approximate surface area is 113 Å². The number of carbonyl (C=O) groups excluding carboxylic acids is 1. The van der Waals surface area contributed by atoms with Crippen LogP contribution >= 0.6 is 11.6 Å². The van der Waals surface area contributed by atoms with Crippen LogP contribution in [0, 0.1) is 5.92 Å². The van der Waals surface area contributed by atoms with Gasteiger partial charge in [0, 0.05) is 18.0 Å². The Balaban J connectivity index is 2.27. The summed E-state index contributed by atoms with van der Waals surface area (Å²) in [6.07, 6.45) is 0.622. The minimum atomic E-state index is -0.482. The van der Waals surface area contributed by atoms with Crippen LogP contribution in [0.1, 0.15) is 25.8 Å². The molecule has 1 aromatic carbocycles. The van der Waals surface area contributed by atoms with Gasteiger partial charge in [0.1, 0.15) is 0 Å². The van der Waals surface area contributed by atoms with E-state index < -0.39 is 6.10 Å². The fourth-order valence-electron chi connectivity index (χ4n) is 1.45. The summed E-state index contributed by atoms with van der Waals surface area (Å²) in [6.45, 7) is 4.16. The number of hydrogen-bond acceptors (Lipinski definition) is 2. The van der Waals surface area contributed by atoms with Gasteiger partial charge in [-0.1, -0.05) is 37.6 Å². The van der Waals surface area contributed by atoms with E-state index in [4.69, 9.17) is 11.6 Å². The molecule has 0 saturated heterocycles. The van der Waals surface area contributed by atoms with E-state index in [1.807, 2.05) is 38.1 Å². The lowest BCUT2D eigenvalue weighted by molar-refractivity contribution is -0.121. The van der Waals surface area contributed by atoms with Crippen molar-refractivity contribution in [1.29, 1.82) is 0 Å². The van der Waals surface area contributed by atoms with Gasteiger partial charge in [-0.05, 0) is 30.0 Å². The van der Waals surface area contributed by atoms with E-state index in [0.29, 0.717) is 24.4 Å². The smallest absolute Gasteiger partial charge is 0.220 e. The molecule has 1 amide bonds. The van der Waals surface area contributed by atoms with Crippen molar-refractivity contribution in [3.63, 3.8) is 0 Å². The molecule has 1 aromatic rings. The highest BCUT2D eigenvalue weighted by Gasteiger charge is 2.10. The van der Waals surface area contributed by atoms with Gasteiger partial charge in [0.2, 0.25) is 5.91 Å². The van der Waals surface area contributed by atoms with Crippen molar-refractivity contribution in [3.8, 4) is 0 Å². The van der Waals surface area contributed by atoms with Gasteiger partial charge in [-0.25, -0.2) is 0 Å².